The van der Waals surface area contributed by atoms with E-state index < -0.39 is 4.92 Å². The number of imide groups is 1. The number of non-ortho nitro benzene ring substituents is 1. The topological polar surface area (TPSA) is 106 Å². The fourth-order valence-corrected chi connectivity index (χ4v) is 5.62. The predicted molar refractivity (Wildman–Crippen MR) is 105 cm³/mol. The number of allylic oxidation sites excluding steroid dienone is 2. The predicted octanol–water partition coefficient (Wildman–Crippen LogP) is 3.39. The number of nitro groups is 1. The molecule has 0 N–H and O–H groups in total. The maximum Gasteiger partial charge on any atom is 0.269 e. The van der Waals surface area contributed by atoms with Crippen LogP contribution in [0.25, 0.3) is 11.3 Å². The number of carbonyl (C=O) groups is 2. The average molecular weight is 403 g/mol. The van der Waals surface area contributed by atoms with Gasteiger partial charge in [-0.15, -0.1) is 0 Å². The van der Waals surface area contributed by atoms with E-state index in [1.54, 1.807) is 24.3 Å². The molecule has 2 aromatic rings. The third-order valence-electron chi connectivity index (χ3n) is 7.12. The quantitative estimate of drug-likeness (QED) is 0.256. The minimum atomic E-state index is -0.462. The van der Waals surface area contributed by atoms with Crippen LogP contribution in [-0.2, 0) is 9.59 Å². The lowest BCUT2D eigenvalue weighted by molar-refractivity contribution is -0.384. The maximum absolute atomic E-state index is 12.9. The van der Waals surface area contributed by atoms with Gasteiger partial charge in [-0.1, -0.05) is 12.2 Å². The van der Waals surface area contributed by atoms with Crippen LogP contribution in [0.2, 0.25) is 0 Å². The number of carbonyl (C=O) groups excluding carboxylic acids is 2. The van der Waals surface area contributed by atoms with Crippen LogP contribution in [-0.4, -0.2) is 28.0 Å². The molecule has 0 unspecified atom stereocenters. The highest BCUT2D eigenvalue weighted by Gasteiger charge is 2.73. The first kappa shape index (κ1) is 17.3. The van der Waals surface area contributed by atoms with Crippen molar-refractivity contribution in [2.75, 3.05) is 0 Å². The lowest BCUT2D eigenvalue weighted by atomic mass is 9.85. The van der Waals surface area contributed by atoms with Gasteiger partial charge in [0.15, 0.2) is 0 Å². The molecule has 3 aliphatic carbocycles. The molecule has 2 amide bonds. The van der Waals surface area contributed by atoms with Gasteiger partial charge in [0, 0.05) is 17.7 Å². The molecule has 1 spiro atoms. The fraction of sp³-hybridized carbons (Fsp3) is 0.318. The summed E-state index contributed by atoms with van der Waals surface area (Å²) in [4.78, 5) is 36.1. The molecule has 2 saturated carbocycles. The average Bonchev–Trinajstić information content (AvgIpc) is 3.03. The summed E-state index contributed by atoms with van der Waals surface area (Å²) in [6, 6.07) is 9.40. The number of rotatable bonds is 4. The molecule has 1 aromatic carbocycles. The summed E-state index contributed by atoms with van der Waals surface area (Å²) < 4.78 is 5.71. The van der Waals surface area contributed by atoms with Gasteiger partial charge in [0.25, 0.3) is 17.5 Å². The summed E-state index contributed by atoms with van der Waals surface area (Å²) in [6.07, 6.45) is 7.82. The number of benzene rings is 1. The third kappa shape index (κ3) is 2.18. The Balaban J connectivity index is 1.21. The second-order valence-electron chi connectivity index (χ2n) is 8.46. The van der Waals surface area contributed by atoms with Gasteiger partial charge in [0.2, 0.25) is 0 Å². The summed E-state index contributed by atoms with van der Waals surface area (Å²) in [7, 11) is 0. The van der Waals surface area contributed by atoms with Crippen molar-refractivity contribution >= 4 is 23.7 Å². The normalized spacial score (nSPS) is 30.1. The van der Waals surface area contributed by atoms with Gasteiger partial charge in [-0.25, -0.2) is 0 Å². The minimum Gasteiger partial charge on any atom is -0.455 e. The largest absolute Gasteiger partial charge is 0.455 e. The van der Waals surface area contributed by atoms with Crippen LogP contribution < -0.4 is 0 Å². The van der Waals surface area contributed by atoms with Gasteiger partial charge in [-0.05, 0) is 54.4 Å². The van der Waals surface area contributed by atoms with Gasteiger partial charge >= 0.3 is 0 Å². The van der Waals surface area contributed by atoms with Crippen molar-refractivity contribution in [1.82, 2.24) is 5.01 Å². The first-order valence-electron chi connectivity index (χ1n) is 9.94. The van der Waals surface area contributed by atoms with Gasteiger partial charge < -0.3 is 4.42 Å². The Morgan fingerprint density at radius 2 is 1.67 bits per heavy atom. The molecule has 2 heterocycles. The molecule has 150 valence electrons. The van der Waals surface area contributed by atoms with Crippen LogP contribution in [0, 0.1) is 39.2 Å². The van der Waals surface area contributed by atoms with E-state index >= 15 is 0 Å². The molecule has 3 fully saturated rings. The zero-order chi connectivity index (χ0) is 20.6. The molecular formula is C22H17N3O5. The van der Waals surface area contributed by atoms with E-state index in [4.69, 9.17) is 4.42 Å². The van der Waals surface area contributed by atoms with Crippen molar-refractivity contribution < 1.29 is 18.9 Å². The number of furan rings is 1. The van der Waals surface area contributed by atoms with Crippen LogP contribution >= 0.6 is 0 Å². The van der Waals surface area contributed by atoms with E-state index in [9.17, 15) is 19.7 Å². The number of hydrazone groups is 1. The Bertz CT molecular complexity index is 1120. The highest BCUT2D eigenvalue weighted by atomic mass is 16.6. The van der Waals surface area contributed by atoms with Crippen LogP contribution in [0.5, 0.6) is 0 Å². The molecule has 6 rings (SSSR count). The van der Waals surface area contributed by atoms with Gasteiger partial charge in [0.1, 0.15) is 11.5 Å². The molecule has 0 radical (unpaired) electrons. The zero-order valence-corrected chi connectivity index (χ0v) is 15.8. The van der Waals surface area contributed by atoms with Crippen molar-refractivity contribution in [1.29, 1.82) is 0 Å². The summed E-state index contributed by atoms with van der Waals surface area (Å²) in [6.45, 7) is 0. The fourth-order valence-electron chi connectivity index (χ4n) is 5.62. The Hall–Kier alpha value is -3.55. The van der Waals surface area contributed by atoms with Gasteiger partial charge in [-0.3, -0.25) is 19.7 Å². The van der Waals surface area contributed by atoms with Crippen molar-refractivity contribution in [3.63, 3.8) is 0 Å². The number of amides is 2. The lowest BCUT2D eigenvalue weighted by Crippen LogP contribution is -2.30. The SMILES string of the molecule is O=C1[C@@H]2[C@H](C(=O)N1/N=C\c1ccc(-c3ccc([N+](=O)[O-])cc3)o1)[C@H]1C=C[C@H]2C12CC2. The van der Waals surface area contributed by atoms with Crippen molar-refractivity contribution in [2.45, 2.75) is 12.8 Å². The molecule has 8 heteroatoms. The summed E-state index contributed by atoms with van der Waals surface area (Å²) in [5.41, 5.74) is 0.845. The number of hydrogen-bond acceptors (Lipinski definition) is 6. The molecule has 1 aliphatic heterocycles. The molecule has 30 heavy (non-hydrogen) atoms. The Labute approximate surface area is 171 Å². The van der Waals surface area contributed by atoms with Gasteiger partial charge in [-0.2, -0.15) is 10.1 Å². The first-order chi connectivity index (χ1) is 14.5. The van der Waals surface area contributed by atoms with Crippen LogP contribution in [0.15, 0.2) is 58.1 Å². The monoisotopic (exact) mass is 403 g/mol. The molecular weight excluding hydrogens is 386 g/mol. The Morgan fingerprint density at radius 3 is 2.23 bits per heavy atom. The van der Waals surface area contributed by atoms with E-state index in [1.165, 1.54) is 18.3 Å². The molecule has 8 nitrogen and oxygen atoms in total. The van der Waals surface area contributed by atoms with E-state index in [1.807, 2.05) is 0 Å². The number of nitrogens with zero attached hydrogens (tertiary/aromatic N) is 3. The highest BCUT2D eigenvalue weighted by Crippen LogP contribution is 2.73. The van der Waals surface area contributed by atoms with Crippen molar-refractivity contribution in [3.8, 4) is 11.3 Å². The summed E-state index contributed by atoms with van der Waals surface area (Å²) in [5, 5.41) is 15.9. The first-order valence-corrected chi connectivity index (χ1v) is 9.94. The molecule has 2 bridgehead atoms. The summed E-state index contributed by atoms with van der Waals surface area (Å²) in [5.74, 6) is 0.251. The zero-order valence-electron chi connectivity index (χ0n) is 15.8. The van der Waals surface area contributed by atoms with E-state index in [-0.39, 0.29) is 46.6 Å². The molecule has 4 atom stereocenters. The minimum absolute atomic E-state index is 0.000123. The molecule has 4 aliphatic rings. The van der Waals surface area contributed by atoms with Crippen molar-refractivity contribution in [3.05, 3.63) is 64.4 Å². The smallest absolute Gasteiger partial charge is 0.269 e. The lowest BCUT2D eigenvalue weighted by Gasteiger charge is -2.18. The molecule has 1 aromatic heterocycles. The van der Waals surface area contributed by atoms with E-state index in [0.717, 1.165) is 17.9 Å². The maximum atomic E-state index is 12.9. The standard InChI is InChI=1S/C22H17N3O5/c26-20-18-15-6-7-16(22(15)9-10-22)19(18)21(27)24(20)23-11-14-5-8-17(30-14)12-1-3-13(4-2-12)25(28)29/h1-8,11,15-16,18-19H,9-10H2/b23-11-/t15-,16-,18-,19+/m1/s1. The second kappa shape index (κ2) is 5.75. The van der Waals surface area contributed by atoms with Crippen LogP contribution in [0.4, 0.5) is 5.69 Å². The third-order valence-corrected chi connectivity index (χ3v) is 7.12. The highest BCUT2D eigenvalue weighted by molar-refractivity contribution is 6.07. The van der Waals surface area contributed by atoms with E-state index in [0.29, 0.717) is 17.1 Å². The molecule has 1 saturated heterocycles. The number of fused-ring (bicyclic) bond motifs is 3. The van der Waals surface area contributed by atoms with Crippen LogP contribution in [0.1, 0.15) is 18.6 Å². The second-order valence-corrected chi connectivity index (χ2v) is 8.46. The number of hydrogen-bond donors (Lipinski definition) is 0. The van der Waals surface area contributed by atoms with Crippen molar-refractivity contribution in [2.24, 2.45) is 34.2 Å². The Morgan fingerprint density at radius 1 is 1.03 bits per heavy atom. The Kier molecular flexibility index (Phi) is 3.32. The van der Waals surface area contributed by atoms with Crippen LogP contribution in [0.3, 0.4) is 0 Å². The van der Waals surface area contributed by atoms with E-state index in [2.05, 4.69) is 17.3 Å². The van der Waals surface area contributed by atoms with Gasteiger partial charge in [0.05, 0.1) is 23.0 Å². The number of nitro benzene ring substituents is 1. The summed E-state index contributed by atoms with van der Waals surface area (Å²) >= 11 is 0.